The Morgan fingerprint density at radius 1 is 0.933 bits per heavy atom. The molecule has 1 aliphatic heterocycles. The van der Waals surface area contributed by atoms with Crippen LogP contribution < -0.4 is 10.2 Å². The number of benzene rings is 2. The van der Waals surface area contributed by atoms with Gasteiger partial charge in [-0.05, 0) is 55.3 Å². The summed E-state index contributed by atoms with van der Waals surface area (Å²) in [7, 11) is 0. The van der Waals surface area contributed by atoms with Gasteiger partial charge in [0.25, 0.3) is 5.91 Å². The second kappa shape index (κ2) is 8.14. The summed E-state index contributed by atoms with van der Waals surface area (Å²) in [4.78, 5) is 14.6. The van der Waals surface area contributed by atoms with Crippen LogP contribution in [0.4, 0.5) is 24.7 Å². The molecule has 1 fully saturated rings. The molecular formula is C22H19F3N4O. The van der Waals surface area contributed by atoms with Crippen molar-refractivity contribution >= 4 is 17.4 Å². The summed E-state index contributed by atoms with van der Waals surface area (Å²) in [6, 6.07) is 15.1. The first kappa shape index (κ1) is 19.9. The van der Waals surface area contributed by atoms with Crippen molar-refractivity contribution in [2.75, 3.05) is 23.3 Å². The number of carbonyl (C=O) groups is 1. The van der Waals surface area contributed by atoms with Crippen LogP contribution in [-0.4, -0.2) is 29.2 Å². The predicted molar refractivity (Wildman–Crippen MR) is 108 cm³/mol. The van der Waals surface area contributed by atoms with Crippen LogP contribution in [0.25, 0.3) is 11.3 Å². The Kier molecular flexibility index (Phi) is 5.39. The van der Waals surface area contributed by atoms with Crippen molar-refractivity contribution < 1.29 is 18.0 Å². The Bertz CT molecular complexity index is 1040. The maximum atomic E-state index is 12.9. The van der Waals surface area contributed by atoms with Gasteiger partial charge in [0, 0.05) is 29.9 Å². The van der Waals surface area contributed by atoms with Crippen molar-refractivity contribution in [3.8, 4) is 11.3 Å². The molecule has 0 atom stereocenters. The lowest BCUT2D eigenvalue weighted by molar-refractivity contribution is -0.137. The van der Waals surface area contributed by atoms with E-state index in [4.69, 9.17) is 0 Å². The third-order valence-corrected chi connectivity index (χ3v) is 4.95. The normalized spacial score (nSPS) is 14.0. The van der Waals surface area contributed by atoms with Gasteiger partial charge in [-0.25, -0.2) is 0 Å². The molecule has 2 heterocycles. The molecule has 0 saturated carbocycles. The number of nitrogens with zero attached hydrogens (tertiary/aromatic N) is 3. The molecule has 8 heteroatoms. The van der Waals surface area contributed by atoms with Gasteiger partial charge in [-0.2, -0.15) is 13.2 Å². The Hall–Kier alpha value is -3.42. The van der Waals surface area contributed by atoms with E-state index in [9.17, 15) is 18.0 Å². The Balaban J connectivity index is 1.50. The molecule has 0 aliphatic carbocycles. The molecule has 2 aromatic carbocycles. The minimum absolute atomic E-state index is 0.0648. The fourth-order valence-corrected chi connectivity index (χ4v) is 3.39. The number of halogens is 3. The van der Waals surface area contributed by atoms with Gasteiger partial charge < -0.3 is 10.2 Å². The summed E-state index contributed by atoms with van der Waals surface area (Å²) in [5.74, 6) is 0.221. The number of nitrogens with one attached hydrogen (secondary N) is 1. The SMILES string of the molecule is O=C(Nc1cccc(-c2ccc(N3CCCC3)nn2)c1)c1cccc(C(F)(F)F)c1. The van der Waals surface area contributed by atoms with E-state index in [0.29, 0.717) is 11.4 Å². The lowest BCUT2D eigenvalue weighted by atomic mass is 10.1. The number of hydrogen-bond donors (Lipinski definition) is 1. The molecule has 1 amide bonds. The average Bonchev–Trinajstić information content (AvgIpc) is 3.28. The molecule has 30 heavy (non-hydrogen) atoms. The summed E-state index contributed by atoms with van der Waals surface area (Å²) in [6.07, 6.45) is -2.20. The summed E-state index contributed by atoms with van der Waals surface area (Å²) < 4.78 is 38.6. The number of alkyl halides is 3. The third-order valence-electron chi connectivity index (χ3n) is 4.95. The first-order valence-electron chi connectivity index (χ1n) is 9.58. The van der Waals surface area contributed by atoms with Crippen molar-refractivity contribution in [1.82, 2.24) is 10.2 Å². The van der Waals surface area contributed by atoms with E-state index in [0.717, 1.165) is 49.4 Å². The highest BCUT2D eigenvalue weighted by atomic mass is 19.4. The van der Waals surface area contributed by atoms with E-state index in [1.54, 1.807) is 18.2 Å². The number of carbonyl (C=O) groups excluding carboxylic acids is 1. The van der Waals surface area contributed by atoms with Crippen LogP contribution in [-0.2, 0) is 6.18 Å². The molecular weight excluding hydrogens is 393 g/mol. The van der Waals surface area contributed by atoms with E-state index in [-0.39, 0.29) is 5.56 Å². The van der Waals surface area contributed by atoms with Crippen LogP contribution in [0.3, 0.4) is 0 Å². The van der Waals surface area contributed by atoms with Gasteiger partial charge >= 0.3 is 6.18 Å². The zero-order valence-electron chi connectivity index (χ0n) is 16.0. The molecule has 0 bridgehead atoms. The fourth-order valence-electron chi connectivity index (χ4n) is 3.39. The summed E-state index contributed by atoms with van der Waals surface area (Å²) in [5, 5.41) is 11.2. The van der Waals surface area contributed by atoms with Crippen molar-refractivity contribution in [3.63, 3.8) is 0 Å². The number of amides is 1. The standard InChI is InChI=1S/C22H19F3N4O/c23-22(24,25)17-7-3-6-16(13-17)21(30)26-18-8-4-5-15(14-18)19-9-10-20(28-27-19)29-11-1-2-12-29/h3-10,13-14H,1-2,11-12H2,(H,26,30). The smallest absolute Gasteiger partial charge is 0.355 e. The quantitative estimate of drug-likeness (QED) is 0.654. The number of anilines is 2. The van der Waals surface area contributed by atoms with E-state index in [1.165, 1.54) is 12.1 Å². The molecule has 1 aromatic heterocycles. The lowest BCUT2D eigenvalue weighted by Gasteiger charge is -2.15. The lowest BCUT2D eigenvalue weighted by Crippen LogP contribution is -2.19. The largest absolute Gasteiger partial charge is 0.416 e. The van der Waals surface area contributed by atoms with Crippen LogP contribution in [0.15, 0.2) is 60.7 Å². The zero-order valence-corrected chi connectivity index (χ0v) is 16.0. The van der Waals surface area contributed by atoms with E-state index >= 15 is 0 Å². The Morgan fingerprint density at radius 2 is 1.70 bits per heavy atom. The van der Waals surface area contributed by atoms with Crippen molar-refractivity contribution in [2.45, 2.75) is 19.0 Å². The van der Waals surface area contributed by atoms with Crippen molar-refractivity contribution in [2.24, 2.45) is 0 Å². The fraction of sp³-hybridized carbons (Fsp3) is 0.227. The van der Waals surface area contributed by atoms with E-state index in [1.807, 2.05) is 18.2 Å². The molecule has 1 saturated heterocycles. The molecule has 4 rings (SSSR count). The van der Waals surface area contributed by atoms with Gasteiger partial charge in [-0.1, -0.05) is 18.2 Å². The maximum absolute atomic E-state index is 12.9. The van der Waals surface area contributed by atoms with Gasteiger partial charge in [0.15, 0.2) is 5.82 Å². The van der Waals surface area contributed by atoms with Crippen LogP contribution in [0, 0.1) is 0 Å². The Labute approximate surface area is 171 Å². The predicted octanol–water partition coefficient (Wildman–Crippen LogP) is 5.01. The molecule has 3 aromatic rings. The second-order valence-corrected chi connectivity index (χ2v) is 7.08. The first-order valence-corrected chi connectivity index (χ1v) is 9.58. The second-order valence-electron chi connectivity index (χ2n) is 7.08. The topological polar surface area (TPSA) is 58.1 Å². The van der Waals surface area contributed by atoms with Crippen molar-refractivity contribution in [1.29, 1.82) is 0 Å². The molecule has 154 valence electrons. The van der Waals surface area contributed by atoms with Gasteiger partial charge in [-0.15, -0.1) is 10.2 Å². The zero-order chi connectivity index (χ0) is 21.1. The van der Waals surface area contributed by atoms with Crippen LogP contribution in [0.1, 0.15) is 28.8 Å². The maximum Gasteiger partial charge on any atom is 0.416 e. The molecule has 5 nitrogen and oxygen atoms in total. The molecule has 0 unspecified atom stereocenters. The molecule has 0 spiro atoms. The van der Waals surface area contributed by atoms with Crippen LogP contribution in [0.5, 0.6) is 0 Å². The minimum atomic E-state index is -4.50. The first-order chi connectivity index (χ1) is 14.4. The van der Waals surface area contributed by atoms with Gasteiger partial charge in [0.2, 0.25) is 0 Å². The number of hydrogen-bond acceptors (Lipinski definition) is 4. The molecule has 0 radical (unpaired) electrons. The molecule has 1 N–H and O–H groups in total. The van der Waals surface area contributed by atoms with Crippen LogP contribution in [0.2, 0.25) is 0 Å². The summed E-state index contributed by atoms with van der Waals surface area (Å²) in [6.45, 7) is 1.95. The number of aromatic nitrogens is 2. The van der Waals surface area contributed by atoms with Gasteiger partial charge in [-0.3, -0.25) is 4.79 Å². The van der Waals surface area contributed by atoms with E-state index in [2.05, 4.69) is 20.4 Å². The average molecular weight is 412 g/mol. The highest BCUT2D eigenvalue weighted by Gasteiger charge is 2.30. The number of rotatable bonds is 4. The minimum Gasteiger partial charge on any atom is -0.355 e. The highest BCUT2D eigenvalue weighted by Crippen LogP contribution is 2.30. The van der Waals surface area contributed by atoms with Gasteiger partial charge in [0.1, 0.15) is 0 Å². The monoisotopic (exact) mass is 412 g/mol. The highest BCUT2D eigenvalue weighted by molar-refractivity contribution is 6.04. The van der Waals surface area contributed by atoms with E-state index < -0.39 is 17.6 Å². The van der Waals surface area contributed by atoms with Gasteiger partial charge in [0.05, 0.1) is 11.3 Å². The third kappa shape index (κ3) is 4.42. The Morgan fingerprint density at radius 3 is 2.40 bits per heavy atom. The van der Waals surface area contributed by atoms with Crippen LogP contribution >= 0.6 is 0 Å². The van der Waals surface area contributed by atoms with Crippen molar-refractivity contribution in [3.05, 3.63) is 71.8 Å². The summed E-state index contributed by atoms with van der Waals surface area (Å²) in [5.41, 5.74) is 0.924. The summed E-state index contributed by atoms with van der Waals surface area (Å²) >= 11 is 0. The molecule has 1 aliphatic rings.